The van der Waals surface area contributed by atoms with E-state index in [-0.39, 0.29) is 0 Å². The number of rotatable bonds is 5. The maximum atomic E-state index is 7.38. The molecule has 12 aromatic rings. The van der Waals surface area contributed by atoms with Crippen LogP contribution in [0.15, 0.2) is 233 Å². The lowest BCUT2D eigenvalue weighted by atomic mass is 9.65. The summed E-state index contributed by atoms with van der Waals surface area (Å²) < 4.78 is 20.6. The first-order chi connectivity index (χ1) is 32.2. The minimum absolute atomic E-state index is 0.717. The second kappa shape index (κ2) is 13.7. The first kappa shape index (κ1) is 35.9. The third kappa shape index (κ3) is 5.08. The molecule has 10 aromatic carbocycles. The van der Waals surface area contributed by atoms with Crippen molar-refractivity contribution >= 4 is 60.9 Å². The van der Waals surface area contributed by atoms with Crippen molar-refractivity contribution in [3.8, 4) is 44.9 Å². The first-order valence-corrected chi connectivity index (χ1v) is 22.2. The quantitative estimate of drug-likeness (QED) is 0.173. The molecular weight excluding hydrogens is 795 g/mol. The minimum Gasteiger partial charge on any atom is -0.456 e. The highest BCUT2D eigenvalue weighted by molar-refractivity contribution is 6.15. The van der Waals surface area contributed by atoms with Gasteiger partial charge in [0.15, 0.2) is 0 Å². The van der Waals surface area contributed by atoms with Crippen LogP contribution in [-0.4, -0.2) is 0 Å². The van der Waals surface area contributed by atoms with E-state index in [1.165, 1.54) is 27.8 Å². The molecule has 65 heavy (non-hydrogen) atoms. The predicted molar refractivity (Wildman–Crippen MR) is 264 cm³/mol. The van der Waals surface area contributed by atoms with Gasteiger partial charge in [0.1, 0.15) is 33.8 Å². The molecule has 0 saturated carbocycles. The van der Waals surface area contributed by atoms with Crippen LogP contribution in [0, 0.1) is 0 Å². The Labute approximate surface area is 374 Å². The Morgan fingerprint density at radius 2 is 0.877 bits per heavy atom. The molecule has 0 unspecified atom stereocenters. The number of para-hydroxylation sites is 3. The van der Waals surface area contributed by atoms with E-state index in [4.69, 9.17) is 13.6 Å². The van der Waals surface area contributed by atoms with E-state index >= 15 is 0 Å². The normalized spacial score (nSPS) is 13.2. The SMILES string of the molecule is c1ccc(-c2ccc(N(c3cc(-c4cccc5oc6ccccc6c45)c4c(c3)C3(c5ccccc5O4)c4ccccc4-c4ccccc43)c3cccc4oc5ccccc5c34)cc2)cc1. The van der Waals surface area contributed by atoms with Crippen molar-refractivity contribution in [3.63, 3.8) is 0 Å². The number of furan rings is 2. The fourth-order valence-corrected chi connectivity index (χ4v) is 11.1. The van der Waals surface area contributed by atoms with Gasteiger partial charge in [-0.3, -0.25) is 0 Å². The van der Waals surface area contributed by atoms with Crippen LogP contribution in [0.2, 0.25) is 0 Å². The number of hydrogen-bond donors (Lipinski definition) is 0. The van der Waals surface area contributed by atoms with Gasteiger partial charge >= 0.3 is 0 Å². The van der Waals surface area contributed by atoms with E-state index in [0.717, 1.165) is 100 Å². The number of anilines is 3. The van der Waals surface area contributed by atoms with Crippen LogP contribution in [0.4, 0.5) is 17.1 Å². The fourth-order valence-electron chi connectivity index (χ4n) is 11.1. The van der Waals surface area contributed by atoms with Gasteiger partial charge in [0.05, 0.1) is 16.5 Å². The van der Waals surface area contributed by atoms with E-state index in [1.807, 2.05) is 12.1 Å². The molecule has 0 radical (unpaired) electrons. The van der Waals surface area contributed by atoms with Gasteiger partial charge in [-0.25, -0.2) is 0 Å². The molecule has 14 rings (SSSR count). The molecule has 0 N–H and O–H groups in total. The molecular formula is C61H37NO3. The Balaban J connectivity index is 1.14. The molecule has 1 aliphatic carbocycles. The Kier molecular flexibility index (Phi) is 7.57. The summed E-state index contributed by atoms with van der Waals surface area (Å²) in [4.78, 5) is 2.41. The molecule has 2 aliphatic rings. The second-order valence-electron chi connectivity index (χ2n) is 17.1. The minimum atomic E-state index is -0.717. The average molecular weight is 832 g/mol. The Bertz CT molecular complexity index is 3830. The van der Waals surface area contributed by atoms with Crippen molar-refractivity contribution in [2.45, 2.75) is 5.41 Å². The number of fused-ring (bicyclic) bond motifs is 15. The summed E-state index contributed by atoms with van der Waals surface area (Å²) in [6.07, 6.45) is 0. The lowest BCUT2D eigenvalue weighted by Crippen LogP contribution is -2.32. The molecule has 4 nitrogen and oxygen atoms in total. The van der Waals surface area contributed by atoms with Gasteiger partial charge in [0.25, 0.3) is 0 Å². The standard InChI is InChI=1S/C61H37NO3/c1-2-16-38(17-3-1)39-32-34-40(35-33-39)62(52-26-15-31-57-59(52)46-21-7-12-28-54(46)64-57)41-36-47(44-22-14-30-56-58(44)45-20-6-11-27-53(45)63-56)60-51(37-41)61(50-25-10-13-29-55(50)65-60)48-23-8-4-18-42(48)43-19-5-9-24-49(43)61/h1-37H. The Morgan fingerprint density at radius 1 is 0.338 bits per heavy atom. The van der Waals surface area contributed by atoms with Crippen molar-refractivity contribution in [1.82, 2.24) is 0 Å². The molecule has 304 valence electrons. The first-order valence-electron chi connectivity index (χ1n) is 22.2. The number of benzene rings is 10. The monoisotopic (exact) mass is 831 g/mol. The predicted octanol–water partition coefficient (Wildman–Crippen LogP) is 16.8. The lowest BCUT2D eigenvalue weighted by molar-refractivity contribution is 0.438. The zero-order valence-electron chi connectivity index (χ0n) is 35.0. The molecule has 1 aliphatic heterocycles. The Morgan fingerprint density at radius 3 is 1.60 bits per heavy atom. The van der Waals surface area contributed by atoms with Crippen LogP contribution in [-0.2, 0) is 5.41 Å². The van der Waals surface area contributed by atoms with Gasteiger partial charge in [-0.2, -0.15) is 0 Å². The summed E-state index contributed by atoms with van der Waals surface area (Å²) in [5.41, 5.74) is 17.1. The van der Waals surface area contributed by atoms with E-state index < -0.39 is 5.41 Å². The highest BCUT2D eigenvalue weighted by Gasteiger charge is 2.52. The van der Waals surface area contributed by atoms with E-state index in [1.54, 1.807) is 0 Å². The van der Waals surface area contributed by atoms with E-state index in [2.05, 4.69) is 217 Å². The average Bonchev–Trinajstić information content (AvgIpc) is 4.04. The molecule has 3 heterocycles. The van der Waals surface area contributed by atoms with Crippen molar-refractivity contribution < 1.29 is 13.6 Å². The van der Waals surface area contributed by atoms with Crippen molar-refractivity contribution in [1.29, 1.82) is 0 Å². The fraction of sp³-hybridized carbons (Fsp3) is 0.0164. The van der Waals surface area contributed by atoms with Crippen LogP contribution in [0.3, 0.4) is 0 Å². The maximum Gasteiger partial charge on any atom is 0.140 e. The largest absolute Gasteiger partial charge is 0.456 e. The van der Waals surface area contributed by atoms with E-state index in [9.17, 15) is 0 Å². The van der Waals surface area contributed by atoms with Gasteiger partial charge in [0, 0.05) is 44.2 Å². The summed E-state index contributed by atoms with van der Waals surface area (Å²) in [7, 11) is 0. The summed E-state index contributed by atoms with van der Waals surface area (Å²) >= 11 is 0. The molecule has 0 saturated heterocycles. The van der Waals surface area contributed by atoms with Crippen molar-refractivity contribution in [2.24, 2.45) is 0 Å². The summed E-state index contributed by atoms with van der Waals surface area (Å²) in [5, 5.41) is 4.21. The molecule has 0 amide bonds. The molecule has 0 atom stereocenters. The highest BCUT2D eigenvalue weighted by Crippen LogP contribution is 2.64. The molecule has 1 spiro atoms. The summed E-state index contributed by atoms with van der Waals surface area (Å²) in [6.45, 7) is 0. The highest BCUT2D eigenvalue weighted by atomic mass is 16.5. The van der Waals surface area contributed by atoms with E-state index in [0.29, 0.717) is 0 Å². The summed E-state index contributed by atoms with van der Waals surface area (Å²) in [6, 6.07) is 80.2. The van der Waals surface area contributed by atoms with Crippen LogP contribution >= 0.6 is 0 Å². The number of hydrogen-bond acceptors (Lipinski definition) is 4. The van der Waals surface area contributed by atoms with Crippen LogP contribution in [0.25, 0.3) is 77.3 Å². The topological polar surface area (TPSA) is 38.8 Å². The smallest absolute Gasteiger partial charge is 0.140 e. The third-order valence-corrected chi connectivity index (χ3v) is 13.7. The van der Waals surface area contributed by atoms with Gasteiger partial charge in [0.2, 0.25) is 0 Å². The van der Waals surface area contributed by atoms with Gasteiger partial charge in [-0.05, 0) is 99.6 Å². The zero-order valence-corrected chi connectivity index (χ0v) is 35.0. The molecule has 4 heteroatoms. The summed E-state index contributed by atoms with van der Waals surface area (Å²) in [5.74, 6) is 1.66. The number of ether oxygens (including phenoxy) is 1. The Hall–Kier alpha value is -8.60. The second-order valence-corrected chi connectivity index (χ2v) is 17.1. The maximum absolute atomic E-state index is 7.38. The van der Waals surface area contributed by atoms with Gasteiger partial charge in [-0.15, -0.1) is 0 Å². The molecule has 0 fully saturated rings. The molecule has 0 bridgehead atoms. The van der Waals surface area contributed by atoms with Crippen molar-refractivity contribution in [3.05, 3.63) is 247 Å². The number of nitrogens with zero attached hydrogens (tertiary/aromatic N) is 1. The third-order valence-electron chi connectivity index (χ3n) is 13.7. The van der Waals surface area contributed by atoms with Crippen LogP contribution < -0.4 is 9.64 Å². The van der Waals surface area contributed by atoms with Gasteiger partial charge in [-0.1, -0.05) is 164 Å². The lowest BCUT2D eigenvalue weighted by Gasteiger charge is -2.41. The van der Waals surface area contributed by atoms with Crippen LogP contribution in [0.1, 0.15) is 22.3 Å². The molecule has 2 aromatic heterocycles. The van der Waals surface area contributed by atoms with Crippen molar-refractivity contribution in [2.75, 3.05) is 4.90 Å². The van der Waals surface area contributed by atoms with Gasteiger partial charge < -0.3 is 18.5 Å². The van der Waals surface area contributed by atoms with Crippen LogP contribution in [0.5, 0.6) is 11.5 Å². The zero-order chi connectivity index (χ0) is 42.6.